The van der Waals surface area contributed by atoms with E-state index < -0.39 is 0 Å². The first kappa shape index (κ1) is 16.1. The highest BCUT2D eigenvalue weighted by molar-refractivity contribution is 5.76. The maximum atomic E-state index is 12.3. The highest BCUT2D eigenvalue weighted by Gasteiger charge is 2.38. The predicted octanol–water partition coefficient (Wildman–Crippen LogP) is 1.85. The SMILES string of the molecule is C=CCCC(=O)N1CC[C@@H]2OCCN(Cc3cccnc3)[C@H]2C1. The minimum atomic E-state index is 0.232. The maximum Gasteiger partial charge on any atom is 0.222 e. The summed E-state index contributed by atoms with van der Waals surface area (Å²) in [6, 6.07) is 4.36. The van der Waals surface area contributed by atoms with Crippen LogP contribution in [0, 0.1) is 0 Å². The largest absolute Gasteiger partial charge is 0.375 e. The van der Waals surface area contributed by atoms with Crippen LogP contribution in [0.1, 0.15) is 24.8 Å². The fourth-order valence-corrected chi connectivity index (χ4v) is 3.47. The van der Waals surface area contributed by atoms with Gasteiger partial charge in [0.2, 0.25) is 5.91 Å². The van der Waals surface area contributed by atoms with Crippen molar-refractivity contribution in [2.24, 2.45) is 0 Å². The van der Waals surface area contributed by atoms with Gasteiger partial charge in [-0.25, -0.2) is 0 Å². The number of aromatic nitrogens is 1. The van der Waals surface area contributed by atoms with Crippen LogP contribution < -0.4 is 0 Å². The van der Waals surface area contributed by atoms with Crippen LogP contribution in [0.25, 0.3) is 0 Å². The topological polar surface area (TPSA) is 45.7 Å². The summed E-state index contributed by atoms with van der Waals surface area (Å²) >= 11 is 0. The minimum absolute atomic E-state index is 0.232. The van der Waals surface area contributed by atoms with Gasteiger partial charge in [-0.15, -0.1) is 6.58 Å². The predicted molar refractivity (Wildman–Crippen MR) is 88.8 cm³/mol. The zero-order chi connectivity index (χ0) is 16.1. The van der Waals surface area contributed by atoms with Gasteiger partial charge in [0.15, 0.2) is 0 Å². The molecular formula is C18H25N3O2. The lowest BCUT2D eigenvalue weighted by molar-refractivity contribution is -0.143. The number of rotatable bonds is 5. The normalized spacial score (nSPS) is 25.0. The number of allylic oxidation sites excluding steroid dienone is 1. The summed E-state index contributed by atoms with van der Waals surface area (Å²) in [6.07, 6.45) is 8.00. The molecule has 0 N–H and O–H groups in total. The van der Waals surface area contributed by atoms with E-state index in [-0.39, 0.29) is 18.1 Å². The van der Waals surface area contributed by atoms with Crippen molar-refractivity contribution >= 4 is 5.91 Å². The third kappa shape index (κ3) is 3.98. The van der Waals surface area contributed by atoms with Crippen molar-refractivity contribution < 1.29 is 9.53 Å². The Morgan fingerprint density at radius 1 is 1.48 bits per heavy atom. The number of amides is 1. The molecule has 0 unspecified atom stereocenters. The second kappa shape index (κ2) is 7.70. The number of hydrogen-bond donors (Lipinski definition) is 0. The first-order valence-corrected chi connectivity index (χ1v) is 8.41. The standard InChI is InChI=1S/C18H25N3O2/c1-2-3-6-18(22)21-9-7-17-16(14-21)20(10-11-23-17)13-15-5-4-8-19-12-15/h2,4-5,8,12,16-17H,1,3,6-7,9-11,13-14H2/t16-,17-/m0/s1. The van der Waals surface area contributed by atoms with E-state index in [1.54, 1.807) is 6.20 Å². The summed E-state index contributed by atoms with van der Waals surface area (Å²) in [4.78, 5) is 20.9. The molecule has 3 rings (SSSR count). The van der Waals surface area contributed by atoms with Crippen molar-refractivity contribution in [3.05, 3.63) is 42.7 Å². The highest BCUT2D eigenvalue weighted by Crippen LogP contribution is 2.25. The molecule has 1 aromatic rings. The van der Waals surface area contributed by atoms with Crippen LogP contribution in [0.3, 0.4) is 0 Å². The van der Waals surface area contributed by atoms with Crippen molar-refractivity contribution in [3.63, 3.8) is 0 Å². The Morgan fingerprint density at radius 3 is 3.17 bits per heavy atom. The first-order valence-electron chi connectivity index (χ1n) is 8.41. The van der Waals surface area contributed by atoms with Gasteiger partial charge >= 0.3 is 0 Å². The van der Waals surface area contributed by atoms with Crippen LogP contribution in [0.2, 0.25) is 0 Å². The molecule has 0 radical (unpaired) electrons. The Morgan fingerprint density at radius 2 is 2.39 bits per heavy atom. The molecule has 124 valence electrons. The molecule has 5 nitrogen and oxygen atoms in total. The molecule has 2 aliphatic rings. The molecule has 0 spiro atoms. The van der Waals surface area contributed by atoms with Gasteiger partial charge in [0.1, 0.15) is 0 Å². The van der Waals surface area contributed by atoms with Crippen molar-refractivity contribution in [1.29, 1.82) is 0 Å². The summed E-state index contributed by atoms with van der Waals surface area (Å²) in [6.45, 7) is 7.81. The maximum absolute atomic E-state index is 12.3. The van der Waals surface area contributed by atoms with E-state index in [1.807, 2.05) is 23.2 Å². The van der Waals surface area contributed by atoms with E-state index in [9.17, 15) is 4.79 Å². The summed E-state index contributed by atoms with van der Waals surface area (Å²) < 4.78 is 5.95. The zero-order valence-electron chi connectivity index (χ0n) is 13.6. The molecular weight excluding hydrogens is 290 g/mol. The summed E-state index contributed by atoms with van der Waals surface area (Å²) in [5.41, 5.74) is 1.21. The smallest absolute Gasteiger partial charge is 0.222 e. The van der Waals surface area contributed by atoms with Crippen molar-refractivity contribution in [3.8, 4) is 0 Å². The van der Waals surface area contributed by atoms with Gasteiger partial charge in [-0.2, -0.15) is 0 Å². The molecule has 1 amide bonds. The Labute approximate surface area is 137 Å². The summed E-state index contributed by atoms with van der Waals surface area (Å²) in [5.74, 6) is 0.232. The van der Waals surface area contributed by atoms with E-state index in [0.717, 1.165) is 45.6 Å². The number of morpholine rings is 1. The summed E-state index contributed by atoms with van der Waals surface area (Å²) in [7, 11) is 0. The number of carbonyl (C=O) groups excluding carboxylic acids is 1. The molecule has 0 aromatic carbocycles. The molecule has 5 heteroatoms. The molecule has 0 saturated carbocycles. The van der Waals surface area contributed by atoms with Crippen LogP contribution >= 0.6 is 0 Å². The minimum Gasteiger partial charge on any atom is -0.375 e. The molecule has 2 aliphatic heterocycles. The van der Waals surface area contributed by atoms with Gasteiger partial charge in [-0.1, -0.05) is 12.1 Å². The van der Waals surface area contributed by atoms with Gasteiger partial charge in [-0.3, -0.25) is 14.7 Å². The summed E-state index contributed by atoms with van der Waals surface area (Å²) in [5, 5.41) is 0. The average molecular weight is 315 g/mol. The lowest BCUT2D eigenvalue weighted by Gasteiger charge is -2.47. The monoisotopic (exact) mass is 315 g/mol. The van der Waals surface area contributed by atoms with E-state index in [4.69, 9.17) is 4.74 Å². The van der Waals surface area contributed by atoms with Gasteiger partial charge in [0.25, 0.3) is 0 Å². The molecule has 0 bridgehead atoms. The lowest BCUT2D eigenvalue weighted by atomic mass is 9.97. The number of nitrogens with zero attached hydrogens (tertiary/aromatic N) is 3. The van der Waals surface area contributed by atoms with Crippen molar-refractivity contribution in [1.82, 2.24) is 14.8 Å². The van der Waals surface area contributed by atoms with E-state index >= 15 is 0 Å². The van der Waals surface area contributed by atoms with Crippen molar-refractivity contribution in [2.45, 2.75) is 38.0 Å². The Balaban J connectivity index is 1.65. The number of hydrogen-bond acceptors (Lipinski definition) is 4. The molecule has 23 heavy (non-hydrogen) atoms. The van der Waals surface area contributed by atoms with Gasteiger partial charge in [0.05, 0.1) is 18.8 Å². The third-order valence-electron chi connectivity index (χ3n) is 4.72. The molecule has 2 fully saturated rings. The molecule has 3 heterocycles. The Kier molecular flexibility index (Phi) is 5.41. The van der Waals surface area contributed by atoms with Crippen LogP contribution in [0.5, 0.6) is 0 Å². The second-order valence-corrected chi connectivity index (χ2v) is 6.26. The Hall–Kier alpha value is -1.72. The van der Waals surface area contributed by atoms with E-state index in [2.05, 4.69) is 22.5 Å². The van der Waals surface area contributed by atoms with Gasteiger partial charge < -0.3 is 9.64 Å². The highest BCUT2D eigenvalue weighted by atomic mass is 16.5. The average Bonchev–Trinajstić information content (AvgIpc) is 2.60. The quantitative estimate of drug-likeness (QED) is 0.778. The molecule has 1 aromatic heterocycles. The first-order chi connectivity index (χ1) is 11.3. The number of pyridine rings is 1. The van der Waals surface area contributed by atoms with E-state index in [0.29, 0.717) is 6.42 Å². The number of piperidine rings is 1. The fourth-order valence-electron chi connectivity index (χ4n) is 3.47. The van der Waals surface area contributed by atoms with Crippen LogP contribution in [0.4, 0.5) is 0 Å². The third-order valence-corrected chi connectivity index (χ3v) is 4.72. The zero-order valence-corrected chi connectivity index (χ0v) is 13.6. The number of fused-ring (bicyclic) bond motifs is 1. The Bertz CT molecular complexity index is 534. The number of ether oxygens (including phenoxy) is 1. The second-order valence-electron chi connectivity index (χ2n) is 6.26. The lowest BCUT2D eigenvalue weighted by Crippen LogP contribution is -2.60. The number of carbonyl (C=O) groups is 1. The van der Waals surface area contributed by atoms with Crippen LogP contribution in [-0.4, -0.2) is 59.1 Å². The fraction of sp³-hybridized carbons (Fsp3) is 0.556. The molecule has 2 saturated heterocycles. The molecule has 0 aliphatic carbocycles. The van der Waals surface area contributed by atoms with Gasteiger partial charge in [0, 0.05) is 45.0 Å². The van der Waals surface area contributed by atoms with E-state index in [1.165, 1.54) is 5.56 Å². The number of likely N-dealkylation sites (tertiary alicyclic amines) is 1. The van der Waals surface area contributed by atoms with Crippen LogP contribution in [-0.2, 0) is 16.1 Å². The molecule has 2 atom stereocenters. The van der Waals surface area contributed by atoms with Crippen molar-refractivity contribution in [2.75, 3.05) is 26.2 Å². The van der Waals surface area contributed by atoms with Gasteiger partial charge in [-0.05, 0) is 24.5 Å². The van der Waals surface area contributed by atoms with Crippen LogP contribution in [0.15, 0.2) is 37.2 Å².